The Hall–Kier alpha value is -0.893. The van der Waals surface area contributed by atoms with Gasteiger partial charge in [0.05, 0.1) is 5.56 Å². The Labute approximate surface area is 98.5 Å². The summed E-state index contributed by atoms with van der Waals surface area (Å²) in [7, 11) is 0.836. The predicted octanol–water partition coefficient (Wildman–Crippen LogP) is 1.79. The van der Waals surface area contributed by atoms with Crippen molar-refractivity contribution in [2.45, 2.75) is 6.18 Å². The lowest BCUT2D eigenvalue weighted by Crippen LogP contribution is -2.54. The van der Waals surface area contributed by atoms with E-state index in [-0.39, 0.29) is 5.19 Å². The van der Waals surface area contributed by atoms with E-state index < -0.39 is 20.5 Å². The third-order valence-corrected chi connectivity index (χ3v) is 4.98. The second-order valence-electron chi connectivity index (χ2n) is 3.25. The average molecular weight is 266 g/mol. The van der Waals surface area contributed by atoms with Crippen LogP contribution in [0.2, 0.25) is 0 Å². The van der Waals surface area contributed by atoms with E-state index in [1.54, 1.807) is 0 Å². The van der Waals surface area contributed by atoms with E-state index in [9.17, 15) is 13.2 Å². The van der Waals surface area contributed by atoms with Gasteiger partial charge in [-0.1, -0.05) is 18.2 Å². The highest BCUT2D eigenvalue weighted by atomic mass is 28.4. The van der Waals surface area contributed by atoms with Crippen LogP contribution in [0.4, 0.5) is 13.2 Å². The quantitative estimate of drug-likeness (QED) is 0.778. The molecule has 0 saturated heterocycles. The first-order valence-corrected chi connectivity index (χ1v) is 6.45. The molecular formula is C10H13F3O3Si. The van der Waals surface area contributed by atoms with E-state index in [1.165, 1.54) is 33.5 Å². The van der Waals surface area contributed by atoms with Gasteiger partial charge in [0, 0.05) is 26.5 Å². The third-order valence-electron chi connectivity index (χ3n) is 2.35. The summed E-state index contributed by atoms with van der Waals surface area (Å²) in [6.45, 7) is 0. The van der Waals surface area contributed by atoms with E-state index in [2.05, 4.69) is 0 Å². The highest BCUT2D eigenvalue weighted by Gasteiger charge is 2.42. The van der Waals surface area contributed by atoms with Crippen LogP contribution in [0.15, 0.2) is 24.3 Å². The lowest BCUT2D eigenvalue weighted by atomic mass is 10.2. The standard InChI is InChI=1S/C10H13F3O3Si/c1-14-17(15-2,16-3)9-6-4-5-8(7-9)10(11,12)13/h4-7H,1-3H3. The second kappa shape index (κ2) is 5.17. The van der Waals surface area contributed by atoms with E-state index in [0.29, 0.717) is 0 Å². The minimum atomic E-state index is -4.40. The molecule has 0 aromatic heterocycles. The van der Waals surface area contributed by atoms with Crippen LogP contribution in [0.1, 0.15) is 5.56 Å². The molecule has 0 atom stereocenters. The van der Waals surface area contributed by atoms with Crippen LogP contribution < -0.4 is 5.19 Å². The second-order valence-corrected chi connectivity index (χ2v) is 6.16. The molecule has 3 nitrogen and oxygen atoms in total. The summed E-state index contributed by atoms with van der Waals surface area (Å²) in [5, 5.41) is 0.278. The van der Waals surface area contributed by atoms with Crippen molar-refractivity contribution in [3.05, 3.63) is 29.8 Å². The topological polar surface area (TPSA) is 27.7 Å². The first-order chi connectivity index (χ1) is 7.89. The summed E-state index contributed by atoms with van der Waals surface area (Å²) in [6.07, 6.45) is -4.40. The number of alkyl halides is 3. The maximum Gasteiger partial charge on any atom is 0.536 e. The molecule has 96 valence electrons. The van der Waals surface area contributed by atoms with Crippen LogP contribution in [-0.2, 0) is 19.5 Å². The largest absolute Gasteiger partial charge is 0.536 e. The van der Waals surface area contributed by atoms with Crippen LogP contribution in [-0.4, -0.2) is 30.1 Å². The van der Waals surface area contributed by atoms with Gasteiger partial charge < -0.3 is 13.3 Å². The van der Waals surface area contributed by atoms with Crippen LogP contribution >= 0.6 is 0 Å². The highest BCUT2D eigenvalue weighted by Crippen LogP contribution is 2.28. The maximum absolute atomic E-state index is 12.6. The molecule has 0 aliphatic rings. The smallest absolute Gasteiger partial charge is 0.373 e. The zero-order valence-electron chi connectivity index (χ0n) is 9.67. The van der Waals surface area contributed by atoms with Crippen molar-refractivity contribution in [2.75, 3.05) is 21.3 Å². The molecule has 7 heteroatoms. The molecule has 0 bridgehead atoms. The fraction of sp³-hybridized carbons (Fsp3) is 0.400. The monoisotopic (exact) mass is 266 g/mol. The minimum absolute atomic E-state index is 0.278. The van der Waals surface area contributed by atoms with Crippen LogP contribution in [0.3, 0.4) is 0 Å². The molecule has 0 aliphatic carbocycles. The SMILES string of the molecule is CO[Si](OC)(OC)c1cccc(C(F)(F)F)c1. The Morgan fingerprint density at radius 1 is 1.00 bits per heavy atom. The molecular weight excluding hydrogens is 253 g/mol. The number of rotatable bonds is 4. The van der Waals surface area contributed by atoms with Gasteiger partial charge in [-0.2, -0.15) is 13.2 Å². The van der Waals surface area contributed by atoms with Gasteiger partial charge in [-0.05, 0) is 6.07 Å². The van der Waals surface area contributed by atoms with Gasteiger partial charge in [-0.25, -0.2) is 0 Å². The molecule has 1 aromatic carbocycles. The third kappa shape index (κ3) is 2.86. The van der Waals surface area contributed by atoms with Gasteiger partial charge in [-0.3, -0.25) is 0 Å². The van der Waals surface area contributed by atoms with E-state index in [1.807, 2.05) is 0 Å². The molecule has 0 aliphatic heterocycles. The van der Waals surface area contributed by atoms with Gasteiger partial charge in [0.25, 0.3) is 0 Å². The van der Waals surface area contributed by atoms with Crippen molar-refractivity contribution in [1.29, 1.82) is 0 Å². The van der Waals surface area contributed by atoms with Crippen LogP contribution in [0.5, 0.6) is 0 Å². The van der Waals surface area contributed by atoms with Gasteiger partial charge in [0.1, 0.15) is 0 Å². The van der Waals surface area contributed by atoms with Gasteiger partial charge >= 0.3 is 15.0 Å². The van der Waals surface area contributed by atoms with Crippen molar-refractivity contribution in [3.8, 4) is 0 Å². The lowest BCUT2D eigenvalue weighted by Gasteiger charge is -2.25. The average Bonchev–Trinajstić information content (AvgIpc) is 2.31. The Morgan fingerprint density at radius 2 is 1.53 bits per heavy atom. The Balaban J connectivity index is 3.23. The van der Waals surface area contributed by atoms with Crippen molar-refractivity contribution >= 4 is 14.0 Å². The normalized spacial score (nSPS) is 12.8. The van der Waals surface area contributed by atoms with E-state index in [4.69, 9.17) is 13.3 Å². The molecule has 1 aromatic rings. The fourth-order valence-electron chi connectivity index (χ4n) is 1.49. The fourth-order valence-corrected chi connectivity index (χ4v) is 3.33. The zero-order valence-corrected chi connectivity index (χ0v) is 10.7. The number of halogens is 3. The first kappa shape index (κ1) is 14.2. The van der Waals surface area contributed by atoms with Crippen molar-refractivity contribution < 1.29 is 26.4 Å². The molecule has 0 N–H and O–H groups in total. The molecule has 1 rings (SSSR count). The molecule has 0 saturated carbocycles. The molecule has 0 radical (unpaired) electrons. The van der Waals surface area contributed by atoms with E-state index >= 15 is 0 Å². The summed E-state index contributed by atoms with van der Waals surface area (Å²) in [4.78, 5) is 0. The summed E-state index contributed by atoms with van der Waals surface area (Å²) in [5.41, 5.74) is -0.752. The molecule has 17 heavy (non-hydrogen) atoms. The highest BCUT2D eigenvalue weighted by molar-refractivity contribution is 6.75. The Bertz CT molecular complexity index is 369. The summed E-state index contributed by atoms with van der Waals surface area (Å²) in [5.74, 6) is 0. The van der Waals surface area contributed by atoms with Gasteiger partial charge in [-0.15, -0.1) is 0 Å². The van der Waals surface area contributed by atoms with Crippen LogP contribution in [0, 0.1) is 0 Å². The van der Waals surface area contributed by atoms with Gasteiger partial charge in [0.15, 0.2) is 0 Å². The van der Waals surface area contributed by atoms with Crippen molar-refractivity contribution in [3.63, 3.8) is 0 Å². The zero-order chi connectivity index (χ0) is 13.1. The molecule has 0 unspecified atom stereocenters. The first-order valence-electron chi connectivity index (χ1n) is 4.73. The number of hydrogen-bond donors (Lipinski definition) is 0. The maximum atomic E-state index is 12.6. The number of hydrogen-bond acceptors (Lipinski definition) is 3. The van der Waals surface area contributed by atoms with Crippen molar-refractivity contribution in [2.24, 2.45) is 0 Å². The number of benzene rings is 1. The lowest BCUT2D eigenvalue weighted by molar-refractivity contribution is -0.137. The van der Waals surface area contributed by atoms with Gasteiger partial charge in [0.2, 0.25) is 0 Å². The molecule has 0 spiro atoms. The predicted molar refractivity (Wildman–Crippen MR) is 57.9 cm³/mol. The Morgan fingerprint density at radius 3 is 1.94 bits per heavy atom. The Kier molecular flexibility index (Phi) is 4.31. The van der Waals surface area contributed by atoms with Crippen molar-refractivity contribution in [1.82, 2.24) is 0 Å². The summed E-state index contributed by atoms with van der Waals surface area (Å²) < 4.78 is 53.0. The minimum Gasteiger partial charge on any atom is -0.373 e. The summed E-state index contributed by atoms with van der Waals surface area (Å²) in [6, 6.07) is 4.78. The summed E-state index contributed by atoms with van der Waals surface area (Å²) >= 11 is 0. The van der Waals surface area contributed by atoms with E-state index in [0.717, 1.165) is 12.1 Å². The van der Waals surface area contributed by atoms with Crippen LogP contribution in [0.25, 0.3) is 0 Å². The molecule has 0 fully saturated rings. The molecule has 0 amide bonds. The molecule has 0 heterocycles.